The van der Waals surface area contributed by atoms with Crippen LogP contribution in [0.5, 0.6) is 0 Å². The Kier molecular flexibility index (Phi) is 7.04. The number of methoxy groups -OCH3 is 1. The maximum absolute atomic E-state index is 11.7. The van der Waals surface area contributed by atoms with Crippen LogP contribution in [0.25, 0.3) is 0 Å². The van der Waals surface area contributed by atoms with E-state index in [2.05, 4.69) is 10.6 Å². The summed E-state index contributed by atoms with van der Waals surface area (Å²) in [5, 5.41) is 15.0. The van der Waals surface area contributed by atoms with E-state index in [0.717, 1.165) is 5.56 Å². The van der Waals surface area contributed by atoms with E-state index in [1.807, 2.05) is 38.1 Å². The summed E-state index contributed by atoms with van der Waals surface area (Å²) in [5.74, 6) is 0. The molecule has 5 heteroatoms. The third-order valence-electron chi connectivity index (χ3n) is 3.05. The molecule has 0 aromatic heterocycles. The maximum Gasteiger partial charge on any atom is 0.315 e. The predicted octanol–water partition coefficient (Wildman–Crippen LogP) is 1.75. The van der Waals surface area contributed by atoms with E-state index in [1.54, 1.807) is 0 Å². The summed E-state index contributed by atoms with van der Waals surface area (Å²) in [6, 6.07) is 7.76. The highest BCUT2D eigenvalue weighted by Gasteiger charge is 2.09. The van der Waals surface area contributed by atoms with E-state index in [1.165, 1.54) is 12.7 Å². The summed E-state index contributed by atoms with van der Waals surface area (Å²) in [7, 11) is 1.53. The molecule has 1 aromatic rings. The molecule has 0 aliphatic rings. The number of hydrogen-bond donors (Lipinski definition) is 3. The van der Waals surface area contributed by atoms with Crippen LogP contribution in [0.15, 0.2) is 24.3 Å². The number of rotatable bonds is 7. The van der Waals surface area contributed by atoms with Gasteiger partial charge in [-0.05, 0) is 25.8 Å². The molecule has 0 aliphatic heterocycles. The number of hydrogen-bond acceptors (Lipinski definition) is 3. The van der Waals surface area contributed by atoms with Gasteiger partial charge in [0.25, 0.3) is 0 Å². The molecule has 1 rings (SSSR count). The summed E-state index contributed by atoms with van der Waals surface area (Å²) in [6.45, 7) is 4.66. The van der Waals surface area contributed by atoms with Crippen LogP contribution in [0.2, 0.25) is 0 Å². The van der Waals surface area contributed by atoms with Crippen molar-refractivity contribution in [2.45, 2.75) is 32.4 Å². The standard InChI is InChI=1S/C15H24N2O3/c1-11-4-6-13(7-5-11)12(2)17-15(19)16-9-8-14(18)10-20-3/h4-7,12,14,18H,8-10H2,1-3H3,(H2,16,17,19). The Hall–Kier alpha value is -1.59. The van der Waals surface area contributed by atoms with Gasteiger partial charge in [-0.2, -0.15) is 0 Å². The van der Waals surface area contributed by atoms with Crippen molar-refractivity contribution in [2.24, 2.45) is 0 Å². The van der Waals surface area contributed by atoms with Gasteiger partial charge in [-0.25, -0.2) is 4.79 Å². The van der Waals surface area contributed by atoms with Gasteiger partial charge in [0, 0.05) is 13.7 Å². The van der Waals surface area contributed by atoms with E-state index in [9.17, 15) is 9.90 Å². The van der Waals surface area contributed by atoms with Crippen molar-refractivity contribution in [1.82, 2.24) is 10.6 Å². The first-order chi connectivity index (χ1) is 9.52. The summed E-state index contributed by atoms with van der Waals surface area (Å²) in [5.41, 5.74) is 2.25. The topological polar surface area (TPSA) is 70.6 Å². The Balaban J connectivity index is 2.29. The highest BCUT2D eigenvalue weighted by atomic mass is 16.5. The molecular weight excluding hydrogens is 256 g/mol. The summed E-state index contributed by atoms with van der Waals surface area (Å²) in [4.78, 5) is 11.7. The van der Waals surface area contributed by atoms with Crippen LogP contribution in [0.3, 0.4) is 0 Å². The lowest BCUT2D eigenvalue weighted by Crippen LogP contribution is -2.38. The van der Waals surface area contributed by atoms with Crippen molar-refractivity contribution >= 4 is 6.03 Å². The van der Waals surface area contributed by atoms with E-state index in [4.69, 9.17) is 4.74 Å². The van der Waals surface area contributed by atoms with Crippen LogP contribution in [-0.2, 0) is 4.74 Å². The van der Waals surface area contributed by atoms with E-state index >= 15 is 0 Å². The van der Waals surface area contributed by atoms with Gasteiger partial charge in [-0.3, -0.25) is 0 Å². The second kappa shape index (κ2) is 8.55. The predicted molar refractivity (Wildman–Crippen MR) is 78.6 cm³/mol. The number of aliphatic hydroxyl groups excluding tert-OH is 1. The van der Waals surface area contributed by atoms with Gasteiger partial charge in [0.1, 0.15) is 0 Å². The smallest absolute Gasteiger partial charge is 0.315 e. The molecule has 0 fully saturated rings. The average molecular weight is 280 g/mol. The zero-order valence-corrected chi connectivity index (χ0v) is 12.3. The quantitative estimate of drug-likeness (QED) is 0.712. The van der Waals surface area contributed by atoms with Crippen LogP contribution in [0.1, 0.15) is 30.5 Å². The minimum absolute atomic E-state index is 0.0560. The minimum Gasteiger partial charge on any atom is -0.391 e. The number of benzene rings is 1. The zero-order valence-electron chi connectivity index (χ0n) is 12.3. The third kappa shape index (κ3) is 6.04. The number of urea groups is 1. The molecule has 2 atom stereocenters. The Labute approximate surface area is 120 Å². The van der Waals surface area contributed by atoms with Crippen molar-refractivity contribution in [3.63, 3.8) is 0 Å². The van der Waals surface area contributed by atoms with Gasteiger partial charge in [-0.1, -0.05) is 29.8 Å². The monoisotopic (exact) mass is 280 g/mol. The number of amides is 2. The van der Waals surface area contributed by atoms with E-state index in [-0.39, 0.29) is 18.7 Å². The first-order valence-electron chi connectivity index (χ1n) is 6.81. The lowest BCUT2D eigenvalue weighted by Gasteiger charge is -2.16. The highest BCUT2D eigenvalue weighted by Crippen LogP contribution is 2.12. The Morgan fingerprint density at radius 2 is 2.00 bits per heavy atom. The van der Waals surface area contributed by atoms with Crippen molar-refractivity contribution in [3.05, 3.63) is 35.4 Å². The summed E-state index contributed by atoms with van der Waals surface area (Å²) in [6.07, 6.45) is -0.0741. The molecule has 2 unspecified atom stereocenters. The fraction of sp³-hybridized carbons (Fsp3) is 0.533. The number of carbonyl (C=O) groups excluding carboxylic acids is 1. The highest BCUT2D eigenvalue weighted by molar-refractivity contribution is 5.74. The van der Waals surface area contributed by atoms with Gasteiger partial charge in [0.15, 0.2) is 0 Å². The van der Waals surface area contributed by atoms with Crippen LogP contribution in [0, 0.1) is 6.92 Å². The van der Waals surface area contributed by atoms with E-state index < -0.39 is 6.10 Å². The van der Waals surface area contributed by atoms with Crippen molar-refractivity contribution in [1.29, 1.82) is 0 Å². The average Bonchev–Trinajstić information content (AvgIpc) is 2.39. The Bertz CT molecular complexity index is 406. The fourth-order valence-electron chi connectivity index (χ4n) is 1.81. The molecule has 0 saturated heterocycles. The van der Waals surface area contributed by atoms with Crippen molar-refractivity contribution in [3.8, 4) is 0 Å². The molecular formula is C15H24N2O3. The van der Waals surface area contributed by atoms with E-state index in [0.29, 0.717) is 13.0 Å². The van der Waals surface area contributed by atoms with Gasteiger partial charge in [-0.15, -0.1) is 0 Å². The lowest BCUT2D eigenvalue weighted by molar-refractivity contribution is 0.0598. The number of carbonyl (C=O) groups is 1. The largest absolute Gasteiger partial charge is 0.391 e. The molecule has 112 valence electrons. The first kappa shape index (κ1) is 16.5. The van der Waals surface area contributed by atoms with Gasteiger partial charge in [0.05, 0.1) is 18.8 Å². The fourth-order valence-corrected chi connectivity index (χ4v) is 1.81. The molecule has 0 aliphatic carbocycles. The SMILES string of the molecule is COCC(O)CCNC(=O)NC(C)c1ccc(C)cc1. The third-order valence-corrected chi connectivity index (χ3v) is 3.05. The maximum atomic E-state index is 11.7. The molecule has 0 saturated carbocycles. The molecule has 3 N–H and O–H groups in total. The van der Waals surface area contributed by atoms with Gasteiger partial charge >= 0.3 is 6.03 Å². The number of nitrogens with one attached hydrogen (secondary N) is 2. The minimum atomic E-state index is -0.546. The van der Waals surface area contributed by atoms with Gasteiger partial charge in [0.2, 0.25) is 0 Å². The number of ether oxygens (including phenoxy) is 1. The Morgan fingerprint density at radius 3 is 2.60 bits per heavy atom. The second-order valence-electron chi connectivity index (χ2n) is 4.93. The summed E-state index contributed by atoms with van der Waals surface area (Å²) < 4.78 is 4.81. The lowest BCUT2D eigenvalue weighted by atomic mass is 10.1. The van der Waals surface area contributed by atoms with Crippen molar-refractivity contribution in [2.75, 3.05) is 20.3 Å². The van der Waals surface area contributed by atoms with Crippen LogP contribution >= 0.6 is 0 Å². The molecule has 1 aromatic carbocycles. The number of aliphatic hydroxyl groups is 1. The molecule has 5 nitrogen and oxygen atoms in total. The Morgan fingerprint density at radius 1 is 1.35 bits per heavy atom. The number of aryl methyl sites for hydroxylation is 1. The normalized spacial score (nSPS) is 13.6. The molecule has 0 radical (unpaired) electrons. The van der Waals surface area contributed by atoms with Crippen molar-refractivity contribution < 1.29 is 14.6 Å². The van der Waals surface area contributed by atoms with Crippen LogP contribution < -0.4 is 10.6 Å². The molecule has 20 heavy (non-hydrogen) atoms. The first-order valence-corrected chi connectivity index (χ1v) is 6.81. The molecule has 2 amide bonds. The molecule has 0 spiro atoms. The zero-order chi connectivity index (χ0) is 15.0. The molecule has 0 bridgehead atoms. The van der Waals surface area contributed by atoms with Gasteiger partial charge < -0.3 is 20.5 Å². The summed E-state index contributed by atoms with van der Waals surface area (Å²) >= 11 is 0. The van der Waals surface area contributed by atoms with Crippen LogP contribution in [0.4, 0.5) is 4.79 Å². The molecule has 0 heterocycles. The second-order valence-corrected chi connectivity index (χ2v) is 4.93. The van der Waals surface area contributed by atoms with Crippen LogP contribution in [-0.4, -0.2) is 37.5 Å².